The highest BCUT2D eigenvalue weighted by molar-refractivity contribution is 5.80. The van der Waals surface area contributed by atoms with Crippen molar-refractivity contribution in [3.63, 3.8) is 0 Å². The lowest BCUT2D eigenvalue weighted by molar-refractivity contribution is 0.0131. The summed E-state index contributed by atoms with van der Waals surface area (Å²) in [6.07, 6.45) is 10.3. The topological polar surface area (TPSA) is 56.7 Å². The average molecular weight is 237 g/mol. The van der Waals surface area contributed by atoms with Gasteiger partial charge in [-0.05, 0) is 19.8 Å². The molecule has 0 aromatic rings. The molecule has 0 saturated heterocycles. The van der Waals surface area contributed by atoms with E-state index in [9.17, 15) is 5.11 Å². The van der Waals surface area contributed by atoms with Crippen LogP contribution < -0.4 is 10.6 Å². The predicted octanol–water partition coefficient (Wildman–Crippen LogP) is 0.870. The maximum absolute atomic E-state index is 10.3. The van der Waals surface area contributed by atoms with Gasteiger partial charge in [0.2, 0.25) is 0 Å². The first-order valence-electron chi connectivity index (χ1n) is 6.38. The van der Waals surface area contributed by atoms with Crippen LogP contribution in [0.5, 0.6) is 0 Å². The van der Waals surface area contributed by atoms with Crippen molar-refractivity contribution >= 4 is 5.96 Å². The normalized spacial score (nSPS) is 19.5. The molecule has 4 nitrogen and oxygen atoms in total. The fourth-order valence-corrected chi connectivity index (χ4v) is 2.07. The minimum atomic E-state index is -0.614. The molecular formula is C13H23N3O. The van der Waals surface area contributed by atoms with Crippen LogP contribution in [0.1, 0.15) is 39.0 Å². The van der Waals surface area contributed by atoms with Gasteiger partial charge in [0.15, 0.2) is 5.96 Å². The number of aliphatic hydroxyl groups is 1. The van der Waals surface area contributed by atoms with E-state index in [2.05, 4.69) is 21.5 Å². The summed E-state index contributed by atoms with van der Waals surface area (Å²) in [4.78, 5) is 4.40. The van der Waals surface area contributed by atoms with Crippen molar-refractivity contribution in [2.24, 2.45) is 4.99 Å². The van der Waals surface area contributed by atoms with Gasteiger partial charge in [0.05, 0.1) is 18.7 Å². The number of hydrogen-bond acceptors (Lipinski definition) is 2. The maximum Gasteiger partial charge on any atom is 0.192 e. The molecule has 0 heterocycles. The van der Waals surface area contributed by atoms with Gasteiger partial charge in [0.25, 0.3) is 0 Å². The molecule has 17 heavy (non-hydrogen) atoms. The average Bonchev–Trinajstić information content (AvgIpc) is 2.34. The molecule has 0 radical (unpaired) electrons. The SMILES string of the molecule is C#CCNC(=NCC1(O)CCCCC1)NCC. The Bertz CT molecular complexity index is 288. The third-order valence-electron chi connectivity index (χ3n) is 3.02. The summed E-state index contributed by atoms with van der Waals surface area (Å²) in [7, 11) is 0. The Labute approximate surface area is 104 Å². The highest BCUT2D eigenvalue weighted by Gasteiger charge is 2.28. The highest BCUT2D eigenvalue weighted by atomic mass is 16.3. The number of nitrogens with one attached hydrogen (secondary N) is 2. The molecule has 1 aliphatic carbocycles. The zero-order chi connectivity index (χ0) is 12.6. The second-order valence-corrected chi connectivity index (χ2v) is 4.54. The molecule has 1 rings (SSSR count). The second-order valence-electron chi connectivity index (χ2n) is 4.54. The van der Waals surface area contributed by atoms with E-state index in [-0.39, 0.29) is 0 Å². The van der Waals surface area contributed by atoms with E-state index in [0.29, 0.717) is 19.0 Å². The quantitative estimate of drug-likeness (QED) is 0.386. The first kappa shape index (κ1) is 13.9. The van der Waals surface area contributed by atoms with Crippen molar-refractivity contribution in [3.05, 3.63) is 0 Å². The molecule has 1 fully saturated rings. The van der Waals surface area contributed by atoms with Crippen molar-refractivity contribution < 1.29 is 5.11 Å². The Morgan fingerprint density at radius 2 is 2.06 bits per heavy atom. The van der Waals surface area contributed by atoms with Gasteiger partial charge in [0, 0.05) is 6.54 Å². The molecule has 0 aromatic carbocycles. The molecule has 4 heteroatoms. The van der Waals surface area contributed by atoms with Gasteiger partial charge in [0.1, 0.15) is 0 Å². The number of terminal acetylenes is 1. The Morgan fingerprint density at radius 1 is 1.35 bits per heavy atom. The third kappa shape index (κ3) is 5.10. The van der Waals surface area contributed by atoms with E-state index in [0.717, 1.165) is 32.2 Å². The molecular weight excluding hydrogens is 214 g/mol. The van der Waals surface area contributed by atoms with E-state index >= 15 is 0 Å². The van der Waals surface area contributed by atoms with Gasteiger partial charge in [-0.25, -0.2) is 0 Å². The van der Waals surface area contributed by atoms with E-state index in [4.69, 9.17) is 6.42 Å². The van der Waals surface area contributed by atoms with Crippen LogP contribution in [0.4, 0.5) is 0 Å². The van der Waals surface area contributed by atoms with Crippen LogP contribution >= 0.6 is 0 Å². The van der Waals surface area contributed by atoms with E-state index in [1.54, 1.807) is 0 Å². The molecule has 0 atom stereocenters. The Kier molecular flexibility index (Phi) is 5.85. The Morgan fingerprint density at radius 3 is 2.65 bits per heavy atom. The van der Waals surface area contributed by atoms with Crippen LogP contribution in [0.25, 0.3) is 0 Å². The van der Waals surface area contributed by atoms with Crippen molar-refractivity contribution in [3.8, 4) is 12.3 Å². The van der Waals surface area contributed by atoms with Gasteiger partial charge >= 0.3 is 0 Å². The minimum absolute atomic E-state index is 0.449. The third-order valence-corrected chi connectivity index (χ3v) is 3.02. The lowest BCUT2D eigenvalue weighted by Gasteiger charge is -2.30. The number of guanidine groups is 1. The summed E-state index contributed by atoms with van der Waals surface area (Å²) in [5.41, 5.74) is -0.614. The van der Waals surface area contributed by atoms with Crippen LogP contribution in [-0.4, -0.2) is 36.3 Å². The molecule has 0 bridgehead atoms. The molecule has 96 valence electrons. The van der Waals surface area contributed by atoms with E-state index < -0.39 is 5.60 Å². The van der Waals surface area contributed by atoms with Gasteiger partial charge in [-0.2, -0.15) is 0 Å². The van der Waals surface area contributed by atoms with Crippen molar-refractivity contribution in [2.45, 2.75) is 44.6 Å². The summed E-state index contributed by atoms with van der Waals surface area (Å²) >= 11 is 0. The first-order chi connectivity index (χ1) is 8.20. The number of hydrogen-bond donors (Lipinski definition) is 3. The lowest BCUT2D eigenvalue weighted by atomic mass is 9.85. The van der Waals surface area contributed by atoms with E-state index in [1.807, 2.05) is 6.92 Å². The van der Waals surface area contributed by atoms with Gasteiger partial charge in [-0.3, -0.25) is 4.99 Å². The highest BCUT2D eigenvalue weighted by Crippen LogP contribution is 2.28. The van der Waals surface area contributed by atoms with Crippen molar-refractivity contribution in [1.82, 2.24) is 10.6 Å². The van der Waals surface area contributed by atoms with Crippen molar-refractivity contribution in [1.29, 1.82) is 0 Å². The number of nitrogens with zero attached hydrogens (tertiary/aromatic N) is 1. The lowest BCUT2D eigenvalue weighted by Crippen LogP contribution is -2.40. The molecule has 0 aliphatic heterocycles. The Hall–Kier alpha value is -1.21. The predicted molar refractivity (Wildman–Crippen MR) is 70.8 cm³/mol. The first-order valence-corrected chi connectivity index (χ1v) is 6.38. The number of rotatable bonds is 4. The molecule has 0 spiro atoms. The summed E-state index contributed by atoms with van der Waals surface area (Å²) in [5, 5.41) is 16.4. The number of aliphatic imine (C=N–C) groups is 1. The van der Waals surface area contributed by atoms with E-state index in [1.165, 1.54) is 6.42 Å². The summed E-state index contributed by atoms with van der Waals surface area (Å²) in [5.74, 6) is 3.19. The monoisotopic (exact) mass is 237 g/mol. The zero-order valence-corrected chi connectivity index (χ0v) is 10.6. The van der Waals surface area contributed by atoms with Crippen LogP contribution in [-0.2, 0) is 0 Å². The smallest absolute Gasteiger partial charge is 0.192 e. The van der Waals surface area contributed by atoms with Gasteiger partial charge in [-0.15, -0.1) is 6.42 Å². The fraction of sp³-hybridized carbons (Fsp3) is 0.769. The molecule has 0 unspecified atom stereocenters. The largest absolute Gasteiger partial charge is 0.388 e. The van der Waals surface area contributed by atoms with Crippen LogP contribution in [0.3, 0.4) is 0 Å². The minimum Gasteiger partial charge on any atom is -0.388 e. The molecule has 3 N–H and O–H groups in total. The van der Waals surface area contributed by atoms with Gasteiger partial charge < -0.3 is 15.7 Å². The Balaban J connectivity index is 2.48. The van der Waals surface area contributed by atoms with Gasteiger partial charge in [-0.1, -0.05) is 25.2 Å². The maximum atomic E-state index is 10.3. The molecule has 1 saturated carbocycles. The zero-order valence-electron chi connectivity index (χ0n) is 10.6. The summed E-state index contributed by atoms with van der Waals surface area (Å²) in [6, 6.07) is 0. The fourth-order valence-electron chi connectivity index (χ4n) is 2.07. The summed E-state index contributed by atoms with van der Waals surface area (Å²) < 4.78 is 0. The molecule has 0 amide bonds. The molecule has 1 aliphatic rings. The van der Waals surface area contributed by atoms with Crippen molar-refractivity contribution in [2.75, 3.05) is 19.6 Å². The standard InChI is InChI=1S/C13H23N3O/c1-3-10-15-12(14-4-2)16-11-13(17)8-6-5-7-9-13/h1,17H,4-11H2,2H3,(H2,14,15,16). The molecule has 0 aromatic heterocycles. The van der Waals surface area contributed by atoms with Crippen LogP contribution in [0.2, 0.25) is 0 Å². The second kappa shape index (κ2) is 7.18. The summed E-state index contributed by atoms with van der Waals surface area (Å²) in [6.45, 7) is 3.69. The van der Waals surface area contributed by atoms with Crippen LogP contribution in [0, 0.1) is 12.3 Å². The van der Waals surface area contributed by atoms with Crippen LogP contribution in [0.15, 0.2) is 4.99 Å².